The van der Waals surface area contributed by atoms with E-state index in [0.29, 0.717) is 13.2 Å². The summed E-state index contributed by atoms with van der Waals surface area (Å²) in [7, 11) is 0. The zero-order valence-electron chi connectivity index (χ0n) is 7.06. The number of ether oxygens (including phenoxy) is 1. The highest BCUT2D eigenvalue weighted by Crippen LogP contribution is 2.32. The van der Waals surface area contributed by atoms with Crippen LogP contribution in [0.1, 0.15) is 5.56 Å². The number of hydrogen-bond acceptors (Lipinski definition) is 3. The van der Waals surface area contributed by atoms with E-state index in [-0.39, 0.29) is 0 Å². The van der Waals surface area contributed by atoms with Crippen molar-refractivity contribution < 1.29 is 9.53 Å². The van der Waals surface area contributed by atoms with Gasteiger partial charge in [-0.05, 0) is 5.56 Å². The van der Waals surface area contributed by atoms with Crippen LogP contribution in [0, 0.1) is 0 Å². The second-order valence-electron chi connectivity index (χ2n) is 3.09. The lowest BCUT2D eigenvalue weighted by molar-refractivity contribution is -0.0552. The van der Waals surface area contributed by atoms with Crippen molar-refractivity contribution in [1.29, 1.82) is 0 Å². The first kappa shape index (κ1) is 8.17. The van der Waals surface area contributed by atoms with Gasteiger partial charge in [0.05, 0.1) is 13.2 Å². The van der Waals surface area contributed by atoms with Crippen LogP contribution in [0.25, 0.3) is 0 Å². The molecular formula is C10H9NO2. The minimum Gasteiger partial charge on any atom is -0.375 e. The van der Waals surface area contributed by atoms with E-state index in [9.17, 15) is 4.79 Å². The van der Waals surface area contributed by atoms with Crippen molar-refractivity contribution in [2.45, 2.75) is 5.54 Å². The fourth-order valence-electron chi connectivity index (χ4n) is 1.43. The monoisotopic (exact) mass is 175 g/mol. The zero-order chi connectivity index (χ0) is 9.15. The van der Waals surface area contributed by atoms with Crippen LogP contribution in [0.4, 0.5) is 0 Å². The Labute approximate surface area is 76.1 Å². The van der Waals surface area contributed by atoms with Gasteiger partial charge in [0.15, 0.2) is 0 Å². The van der Waals surface area contributed by atoms with Crippen molar-refractivity contribution in [3.63, 3.8) is 0 Å². The van der Waals surface area contributed by atoms with E-state index in [1.54, 1.807) is 6.08 Å². The quantitative estimate of drug-likeness (QED) is 0.501. The zero-order valence-corrected chi connectivity index (χ0v) is 7.06. The van der Waals surface area contributed by atoms with Gasteiger partial charge in [-0.15, -0.1) is 0 Å². The third-order valence-electron chi connectivity index (χ3n) is 2.25. The molecule has 0 radical (unpaired) electrons. The smallest absolute Gasteiger partial charge is 0.236 e. The number of aliphatic imine (C=N–C) groups is 1. The van der Waals surface area contributed by atoms with Crippen molar-refractivity contribution in [2.75, 3.05) is 13.2 Å². The van der Waals surface area contributed by atoms with Crippen LogP contribution in [-0.2, 0) is 15.1 Å². The van der Waals surface area contributed by atoms with Crippen molar-refractivity contribution in [1.82, 2.24) is 0 Å². The summed E-state index contributed by atoms with van der Waals surface area (Å²) in [6.07, 6.45) is 1.60. The average molecular weight is 175 g/mol. The first-order valence-corrected chi connectivity index (χ1v) is 4.10. The highest BCUT2D eigenvalue weighted by Gasteiger charge is 2.40. The van der Waals surface area contributed by atoms with Gasteiger partial charge in [0.25, 0.3) is 0 Å². The van der Waals surface area contributed by atoms with Gasteiger partial charge in [-0.1, -0.05) is 30.3 Å². The highest BCUT2D eigenvalue weighted by atomic mass is 16.5. The molecule has 3 nitrogen and oxygen atoms in total. The molecule has 0 saturated carbocycles. The molecule has 13 heavy (non-hydrogen) atoms. The normalized spacial score (nSPS) is 18.5. The van der Waals surface area contributed by atoms with Gasteiger partial charge >= 0.3 is 0 Å². The SMILES string of the molecule is O=C=NC1(c2ccccc2)COC1. The molecule has 0 spiro atoms. The molecule has 0 aromatic heterocycles. The van der Waals surface area contributed by atoms with Crippen LogP contribution >= 0.6 is 0 Å². The summed E-state index contributed by atoms with van der Waals surface area (Å²) in [5.74, 6) is 0. The lowest BCUT2D eigenvalue weighted by Gasteiger charge is -2.36. The van der Waals surface area contributed by atoms with Crippen molar-refractivity contribution in [2.24, 2.45) is 4.99 Å². The molecule has 0 aliphatic carbocycles. The fraction of sp³-hybridized carbons (Fsp3) is 0.300. The Morgan fingerprint density at radius 1 is 1.31 bits per heavy atom. The summed E-state index contributed by atoms with van der Waals surface area (Å²) in [5, 5.41) is 0. The summed E-state index contributed by atoms with van der Waals surface area (Å²) in [5.41, 5.74) is 0.563. The Morgan fingerprint density at radius 2 is 2.00 bits per heavy atom. The molecule has 0 unspecified atom stereocenters. The molecule has 1 heterocycles. The topological polar surface area (TPSA) is 38.7 Å². The number of isocyanates is 1. The van der Waals surface area contributed by atoms with Gasteiger partial charge in [-0.25, -0.2) is 4.79 Å². The number of nitrogens with zero attached hydrogens (tertiary/aromatic N) is 1. The van der Waals surface area contributed by atoms with E-state index < -0.39 is 5.54 Å². The predicted octanol–water partition coefficient (Wildman–Crippen LogP) is 1.25. The van der Waals surface area contributed by atoms with Crippen LogP contribution in [0.3, 0.4) is 0 Å². The molecular weight excluding hydrogens is 166 g/mol. The third-order valence-corrected chi connectivity index (χ3v) is 2.25. The number of hydrogen-bond donors (Lipinski definition) is 0. The average Bonchev–Trinajstić information content (AvgIpc) is 2.13. The number of benzene rings is 1. The van der Waals surface area contributed by atoms with Crippen molar-refractivity contribution in [3.05, 3.63) is 35.9 Å². The Bertz CT molecular complexity index is 337. The molecule has 1 aliphatic rings. The van der Waals surface area contributed by atoms with Crippen LogP contribution in [0.15, 0.2) is 35.3 Å². The first-order valence-electron chi connectivity index (χ1n) is 4.10. The van der Waals surface area contributed by atoms with Gasteiger partial charge in [-0.3, -0.25) is 0 Å². The molecule has 0 atom stereocenters. The standard InChI is InChI=1S/C10H9NO2/c12-8-11-10(6-13-7-10)9-4-2-1-3-5-9/h1-5H,6-7H2. The van der Waals surface area contributed by atoms with Gasteiger partial charge in [0, 0.05) is 0 Å². The van der Waals surface area contributed by atoms with E-state index in [1.807, 2.05) is 30.3 Å². The maximum absolute atomic E-state index is 10.2. The Morgan fingerprint density at radius 3 is 2.46 bits per heavy atom. The second kappa shape index (κ2) is 3.13. The van der Waals surface area contributed by atoms with Crippen LogP contribution < -0.4 is 0 Å². The summed E-state index contributed by atoms with van der Waals surface area (Å²) < 4.78 is 5.07. The van der Waals surface area contributed by atoms with E-state index in [0.717, 1.165) is 5.56 Å². The first-order chi connectivity index (χ1) is 6.37. The molecule has 66 valence electrons. The number of rotatable bonds is 2. The van der Waals surface area contributed by atoms with E-state index in [2.05, 4.69) is 4.99 Å². The Kier molecular flexibility index (Phi) is 1.97. The molecule has 0 bridgehead atoms. The molecule has 1 aliphatic heterocycles. The van der Waals surface area contributed by atoms with Crippen LogP contribution in [-0.4, -0.2) is 19.3 Å². The lowest BCUT2D eigenvalue weighted by atomic mass is 9.89. The van der Waals surface area contributed by atoms with Crippen LogP contribution in [0.5, 0.6) is 0 Å². The molecule has 1 aromatic rings. The van der Waals surface area contributed by atoms with Gasteiger partial charge in [0.1, 0.15) is 5.54 Å². The molecule has 2 rings (SSSR count). The Balaban J connectivity index is 2.37. The van der Waals surface area contributed by atoms with E-state index in [1.165, 1.54) is 0 Å². The molecule has 1 fully saturated rings. The lowest BCUT2D eigenvalue weighted by Crippen LogP contribution is -2.44. The fourth-order valence-corrected chi connectivity index (χ4v) is 1.43. The molecule has 3 heteroatoms. The maximum Gasteiger partial charge on any atom is 0.236 e. The van der Waals surface area contributed by atoms with Crippen molar-refractivity contribution in [3.8, 4) is 0 Å². The van der Waals surface area contributed by atoms with Gasteiger partial charge in [-0.2, -0.15) is 4.99 Å². The second-order valence-corrected chi connectivity index (χ2v) is 3.09. The summed E-state index contributed by atoms with van der Waals surface area (Å²) in [6, 6.07) is 9.68. The molecule has 0 N–H and O–H groups in total. The third kappa shape index (κ3) is 1.28. The van der Waals surface area contributed by atoms with Crippen molar-refractivity contribution >= 4 is 6.08 Å². The highest BCUT2D eigenvalue weighted by molar-refractivity contribution is 5.39. The summed E-state index contributed by atoms with van der Waals surface area (Å²) in [4.78, 5) is 14.0. The summed E-state index contributed by atoms with van der Waals surface area (Å²) in [6.45, 7) is 0.957. The maximum atomic E-state index is 10.2. The largest absolute Gasteiger partial charge is 0.375 e. The molecule has 1 saturated heterocycles. The Hall–Kier alpha value is -1.44. The minimum absolute atomic E-state index is 0.455. The van der Waals surface area contributed by atoms with Crippen LogP contribution in [0.2, 0.25) is 0 Å². The minimum atomic E-state index is -0.455. The summed E-state index contributed by atoms with van der Waals surface area (Å²) >= 11 is 0. The molecule has 1 aromatic carbocycles. The van der Waals surface area contributed by atoms with Gasteiger partial charge < -0.3 is 4.74 Å². The number of carbonyl (C=O) groups excluding carboxylic acids is 1. The molecule has 0 amide bonds. The van der Waals surface area contributed by atoms with E-state index >= 15 is 0 Å². The van der Waals surface area contributed by atoms with Gasteiger partial charge in [0.2, 0.25) is 6.08 Å². The van der Waals surface area contributed by atoms with E-state index in [4.69, 9.17) is 4.74 Å². The predicted molar refractivity (Wildman–Crippen MR) is 47.1 cm³/mol.